The van der Waals surface area contributed by atoms with Crippen molar-refractivity contribution < 1.29 is 4.79 Å². The normalized spacial score (nSPS) is 20.1. The minimum Gasteiger partial charge on any atom is -0.353 e. The standard InChI is InChI=1S/C22H29N7O/c1-16-13-18(17-3-4-17)14-23-21(16)27-9-11-28(12-10-27)22(30)19-5-6-20(25-24-19)29-8-7-26(2)15-29/h5-6,13-14,17H,3-4,7-12,15H2,1-2H3. The number of hydrogen-bond donors (Lipinski definition) is 0. The van der Waals surface area contributed by atoms with Crippen LogP contribution in [0.4, 0.5) is 11.6 Å². The van der Waals surface area contributed by atoms with Gasteiger partial charge in [0.1, 0.15) is 5.82 Å². The number of anilines is 2. The van der Waals surface area contributed by atoms with Crippen LogP contribution in [-0.2, 0) is 0 Å². The van der Waals surface area contributed by atoms with Crippen LogP contribution in [0.15, 0.2) is 24.4 Å². The summed E-state index contributed by atoms with van der Waals surface area (Å²) in [6.07, 6.45) is 4.62. The fraction of sp³-hybridized carbons (Fsp3) is 0.545. The summed E-state index contributed by atoms with van der Waals surface area (Å²) < 4.78 is 0. The van der Waals surface area contributed by atoms with Crippen LogP contribution < -0.4 is 9.80 Å². The van der Waals surface area contributed by atoms with Gasteiger partial charge in [-0.1, -0.05) is 6.07 Å². The van der Waals surface area contributed by atoms with Crippen LogP contribution in [0.1, 0.15) is 40.4 Å². The lowest BCUT2D eigenvalue weighted by molar-refractivity contribution is 0.0739. The summed E-state index contributed by atoms with van der Waals surface area (Å²) in [5.74, 6) is 2.56. The first-order valence-electron chi connectivity index (χ1n) is 10.9. The Morgan fingerprint density at radius 3 is 2.37 bits per heavy atom. The SMILES string of the molecule is Cc1cc(C2CC2)cnc1N1CCN(C(=O)c2ccc(N3CCN(C)C3)nn2)CC1. The van der Waals surface area contributed by atoms with Gasteiger partial charge in [0.05, 0.1) is 6.67 Å². The molecule has 3 fully saturated rings. The molecule has 0 aromatic carbocycles. The summed E-state index contributed by atoms with van der Waals surface area (Å²) in [5, 5.41) is 8.51. The second-order valence-corrected chi connectivity index (χ2v) is 8.72. The molecular formula is C22H29N7O. The molecule has 1 amide bonds. The van der Waals surface area contributed by atoms with Crippen LogP contribution in [0.3, 0.4) is 0 Å². The number of nitrogens with zero attached hydrogens (tertiary/aromatic N) is 7. The van der Waals surface area contributed by atoms with Crippen LogP contribution in [0.2, 0.25) is 0 Å². The first-order valence-corrected chi connectivity index (χ1v) is 10.9. The van der Waals surface area contributed by atoms with E-state index in [-0.39, 0.29) is 5.91 Å². The van der Waals surface area contributed by atoms with Gasteiger partial charge in [-0.2, -0.15) is 0 Å². The first kappa shape index (κ1) is 19.2. The Morgan fingerprint density at radius 1 is 1.00 bits per heavy atom. The molecule has 0 N–H and O–H groups in total. The van der Waals surface area contributed by atoms with Crippen molar-refractivity contribution in [2.75, 3.05) is 62.8 Å². The van der Waals surface area contributed by atoms with Crippen LogP contribution in [0.5, 0.6) is 0 Å². The smallest absolute Gasteiger partial charge is 0.274 e. The number of aryl methyl sites for hydroxylation is 1. The molecule has 30 heavy (non-hydrogen) atoms. The van der Waals surface area contributed by atoms with Gasteiger partial charge >= 0.3 is 0 Å². The van der Waals surface area contributed by atoms with E-state index in [1.807, 2.05) is 17.2 Å². The molecule has 0 radical (unpaired) electrons. The summed E-state index contributed by atoms with van der Waals surface area (Å²) in [5.41, 5.74) is 3.02. The Balaban J connectivity index is 1.19. The molecule has 2 saturated heterocycles. The van der Waals surface area contributed by atoms with Gasteiger partial charge in [-0.25, -0.2) is 4.98 Å². The lowest BCUT2D eigenvalue weighted by atomic mass is 10.1. The molecule has 8 heteroatoms. The van der Waals surface area contributed by atoms with Gasteiger partial charge in [0.25, 0.3) is 5.91 Å². The first-order chi connectivity index (χ1) is 14.6. The topological polar surface area (TPSA) is 68.7 Å². The van der Waals surface area contributed by atoms with Gasteiger partial charge in [-0.3, -0.25) is 9.69 Å². The molecule has 1 saturated carbocycles. The van der Waals surface area contributed by atoms with Gasteiger partial charge < -0.3 is 14.7 Å². The largest absolute Gasteiger partial charge is 0.353 e. The van der Waals surface area contributed by atoms with Crippen molar-refractivity contribution in [3.8, 4) is 0 Å². The average molecular weight is 408 g/mol. The maximum absolute atomic E-state index is 12.9. The van der Waals surface area contributed by atoms with E-state index in [4.69, 9.17) is 4.98 Å². The molecule has 3 aliphatic rings. The van der Waals surface area contributed by atoms with E-state index in [1.54, 1.807) is 6.07 Å². The molecule has 158 valence electrons. The molecule has 2 aliphatic heterocycles. The van der Waals surface area contributed by atoms with E-state index in [0.717, 1.165) is 50.4 Å². The predicted octanol–water partition coefficient (Wildman–Crippen LogP) is 1.73. The van der Waals surface area contributed by atoms with Gasteiger partial charge in [0.2, 0.25) is 0 Å². The van der Waals surface area contributed by atoms with Crippen molar-refractivity contribution >= 4 is 17.5 Å². The monoisotopic (exact) mass is 407 g/mol. The Kier molecular flexibility index (Phi) is 5.02. The predicted molar refractivity (Wildman–Crippen MR) is 116 cm³/mol. The van der Waals surface area contributed by atoms with E-state index in [0.29, 0.717) is 18.8 Å². The number of amides is 1. The Hall–Kier alpha value is -2.74. The summed E-state index contributed by atoms with van der Waals surface area (Å²) in [6.45, 7) is 7.86. The number of aromatic nitrogens is 3. The molecule has 0 unspecified atom stereocenters. The molecule has 4 heterocycles. The van der Waals surface area contributed by atoms with Crippen molar-refractivity contribution in [3.05, 3.63) is 41.2 Å². The number of rotatable bonds is 4. The third-order valence-corrected chi connectivity index (χ3v) is 6.34. The van der Waals surface area contributed by atoms with Crippen molar-refractivity contribution in [3.63, 3.8) is 0 Å². The Bertz CT molecular complexity index is 920. The minimum absolute atomic E-state index is 0.0407. The zero-order valence-electron chi connectivity index (χ0n) is 17.8. The number of hydrogen-bond acceptors (Lipinski definition) is 7. The maximum Gasteiger partial charge on any atom is 0.274 e. The van der Waals surface area contributed by atoms with Crippen LogP contribution >= 0.6 is 0 Å². The van der Waals surface area contributed by atoms with Crippen LogP contribution in [-0.4, -0.2) is 83.9 Å². The number of likely N-dealkylation sites (N-methyl/N-ethyl adjacent to an activating group) is 1. The molecule has 5 rings (SSSR count). The van der Waals surface area contributed by atoms with Crippen molar-refractivity contribution in [1.29, 1.82) is 0 Å². The van der Waals surface area contributed by atoms with E-state index < -0.39 is 0 Å². The van der Waals surface area contributed by atoms with Gasteiger partial charge in [-0.05, 0) is 56.0 Å². The molecule has 0 atom stereocenters. The van der Waals surface area contributed by atoms with Crippen molar-refractivity contribution in [1.82, 2.24) is 25.0 Å². The summed E-state index contributed by atoms with van der Waals surface area (Å²) in [6, 6.07) is 5.99. The van der Waals surface area contributed by atoms with Crippen LogP contribution in [0.25, 0.3) is 0 Å². The van der Waals surface area contributed by atoms with E-state index in [1.165, 1.54) is 24.0 Å². The zero-order chi connectivity index (χ0) is 20.7. The molecule has 2 aromatic rings. The van der Waals surface area contributed by atoms with Gasteiger partial charge in [-0.15, -0.1) is 10.2 Å². The molecule has 1 aliphatic carbocycles. The highest BCUT2D eigenvalue weighted by molar-refractivity contribution is 5.92. The quantitative estimate of drug-likeness (QED) is 0.765. The maximum atomic E-state index is 12.9. The fourth-order valence-electron chi connectivity index (χ4n) is 4.36. The highest BCUT2D eigenvalue weighted by Crippen LogP contribution is 2.40. The Labute approximate surface area is 177 Å². The molecule has 8 nitrogen and oxygen atoms in total. The van der Waals surface area contributed by atoms with Crippen LogP contribution in [0, 0.1) is 6.92 Å². The van der Waals surface area contributed by atoms with Crippen molar-refractivity contribution in [2.24, 2.45) is 0 Å². The van der Waals surface area contributed by atoms with Gasteiger partial charge in [0.15, 0.2) is 11.5 Å². The lowest BCUT2D eigenvalue weighted by Crippen LogP contribution is -2.49. The number of pyridine rings is 1. The lowest BCUT2D eigenvalue weighted by Gasteiger charge is -2.36. The number of carbonyl (C=O) groups is 1. The third-order valence-electron chi connectivity index (χ3n) is 6.34. The Morgan fingerprint density at radius 2 is 1.77 bits per heavy atom. The number of piperazine rings is 1. The van der Waals surface area contributed by atoms with E-state index in [2.05, 4.69) is 44.9 Å². The van der Waals surface area contributed by atoms with E-state index in [9.17, 15) is 4.79 Å². The third kappa shape index (κ3) is 3.84. The molecule has 2 aromatic heterocycles. The zero-order valence-corrected chi connectivity index (χ0v) is 17.8. The summed E-state index contributed by atoms with van der Waals surface area (Å²) in [7, 11) is 2.09. The second-order valence-electron chi connectivity index (χ2n) is 8.72. The molecular weight excluding hydrogens is 378 g/mol. The number of carbonyl (C=O) groups excluding carboxylic acids is 1. The molecule has 0 bridgehead atoms. The summed E-state index contributed by atoms with van der Waals surface area (Å²) in [4.78, 5) is 26.2. The highest BCUT2D eigenvalue weighted by atomic mass is 16.2. The average Bonchev–Trinajstić information content (AvgIpc) is 3.54. The van der Waals surface area contributed by atoms with E-state index >= 15 is 0 Å². The second kappa shape index (κ2) is 7.83. The highest BCUT2D eigenvalue weighted by Gasteiger charge is 2.27. The van der Waals surface area contributed by atoms with Crippen molar-refractivity contribution in [2.45, 2.75) is 25.7 Å². The minimum atomic E-state index is -0.0407. The van der Waals surface area contributed by atoms with Gasteiger partial charge in [0, 0.05) is 45.5 Å². The summed E-state index contributed by atoms with van der Waals surface area (Å²) >= 11 is 0. The molecule has 0 spiro atoms. The fourth-order valence-corrected chi connectivity index (χ4v) is 4.36.